The van der Waals surface area contributed by atoms with Gasteiger partial charge in [-0.3, -0.25) is 20.8 Å². The number of nitrogens with one attached hydrogen (secondary N) is 2. The lowest BCUT2D eigenvalue weighted by atomic mass is 9.84. The normalized spacial score (nSPS) is 13.5. The zero-order valence-electron chi connectivity index (χ0n) is 34.0. The van der Waals surface area contributed by atoms with Gasteiger partial charge < -0.3 is 0 Å². The Bertz CT molecular complexity index is 3670. The lowest BCUT2D eigenvalue weighted by Gasteiger charge is -2.19. The molecule has 9 aromatic carbocycles. The Morgan fingerprint density at radius 1 is 0.397 bits per heavy atom. The third kappa shape index (κ3) is 6.17. The molecule has 0 amide bonds. The van der Waals surface area contributed by atoms with E-state index in [-0.39, 0.29) is 0 Å². The van der Waals surface area contributed by atoms with Gasteiger partial charge in [-0.25, -0.2) is 0 Å². The topological polar surface area (TPSA) is 74.0 Å². The Labute approximate surface area is 363 Å². The van der Waals surface area contributed by atoms with Crippen LogP contribution < -0.4 is 5.43 Å². The molecule has 0 unspecified atom stereocenters. The maximum Gasteiger partial charge on any atom is 0.109 e. The SMILES string of the molecule is N=C1C=CC(c2c3ccccc3c(-c3cnc4ccccc4c3)c3ccccc23)=C/C1=N/Nc1ccc(-c2c3ccccc3c(-c3cnc4ccccc4c3)c3ccccc23)cc1. The van der Waals surface area contributed by atoms with Crippen molar-refractivity contribution in [2.75, 3.05) is 5.43 Å². The second kappa shape index (κ2) is 14.9. The lowest BCUT2D eigenvalue weighted by Crippen LogP contribution is -2.14. The van der Waals surface area contributed by atoms with Crippen molar-refractivity contribution >= 4 is 87.6 Å². The van der Waals surface area contributed by atoms with Crippen LogP contribution in [0.4, 0.5) is 5.69 Å². The van der Waals surface area contributed by atoms with Crippen molar-refractivity contribution in [2.24, 2.45) is 5.10 Å². The number of nitrogens with zero attached hydrogens (tertiary/aromatic N) is 3. The molecule has 294 valence electrons. The van der Waals surface area contributed by atoms with Crippen LogP contribution >= 0.6 is 0 Å². The zero-order chi connectivity index (χ0) is 41.9. The van der Waals surface area contributed by atoms with Crippen LogP contribution in [0.15, 0.2) is 218 Å². The first-order valence-corrected chi connectivity index (χ1v) is 21.2. The molecule has 0 spiro atoms. The average molecular weight is 804 g/mol. The fourth-order valence-electron chi connectivity index (χ4n) is 9.53. The van der Waals surface area contributed by atoms with Gasteiger partial charge in [0.1, 0.15) is 5.71 Å². The molecule has 2 aromatic heterocycles. The van der Waals surface area contributed by atoms with Crippen molar-refractivity contribution in [1.82, 2.24) is 9.97 Å². The molecule has 0 saturated heterocycles. The highest BCUT2D eigenvalue weighted by atomic mass is 15.3. The smallest absolute Gasteiger partial charge is 0.109 e. The molecule has 5 nitrogen and oxygen atoms in total. The Balaban J connectivity index is 0.915. The predicted molar refractivity (Wildman–Crippen MR) is 266 cm³/mol. The van der Waals surface area contributed by atoms with E-state index >= 15 is 0 Å². The molecular formula is C58H37N5. The van der Waals surface area contributed by atoms with Gasteiger partial charge in [0.2, 0.25) is 0 Å². The molecule has 0 saturated carbocycles. The number of benzene rings is 9. The van der Waals surface area contributed by atoms with Crippen molar-refractivity contribution < 1.29 is 0 Å². The van der Waals surface area contributed by atoms with E-state index in [4.69, 9.17) is 20.5 Å². The molecule has 1 aliphatic rings. The van der Waals surface area contributed by atoms with Crippen molar-refractivity contribution in [2.45, 2.75) is 0 Å². The minimum absolute atomic E-state index is 0.343. The minimum Gasteiger partial charge on any atom is -0.299 e. The van der Waals surface area contributed by atoms with Gasteiger partial charge in [-0.15, -0.1) is 0 Å². The standard InChI is InChI=1S/C58H37N5/c59-51-30-27-39(56-45-17-5-9-21-49(45)58(50-22-10-6-18-46(50)56)41-32-38-14-2-12-24-53(38)61-35-41)33-54(51)63-62-42-28-25-36(26-29-42)55-43-15-3-7-19-47(43)57(48-20-8-4-16-44(48)55)40-31-37-13-1-11-23-52(37)60-34-40/h1-35,59,62H/b59-51?,63-54-. The molecule has 0 atom stereocenters. The number of allylic oxidation sites excluding steroid dienone is 4. The molecule has 12 rings (SSSR count). The van der Waals surface area contributed by atoms with Gasteiger partial charge in [-0.05, 0) is 125 Å². The predicted octanol–water partition coefficient (Wildman–Crippen LogP) is 14.8. The quantitative estimate of drug-likeness (QED) is 0.0999. The van der Waals surface area contributed by atoms with E-state index in [1.165, 1.54) is 32.7 Å². The van der Waals surface area contributed by atoms with E-state index < -0.39 is 0 Å². The fraction of sp³-hybridized carbons (Fsp3) is 0. The molecule has 11 aromatic rings. The Hall–Kier alpha value is -8.54. The number of hydrazone groups is 1. The highest BCUT2D eigenvalue weighted by Crippen LogP contribution is 2.45. The summed E-state index contributed by atoms with van der Waals surface area (Å²) in [4.78, 5) is 9.68. The molecule has 5 heteroatoms. The maximum absolute atomic E-state index is 8.91. The number of fused-ring (bicyclic) bond motifs is 6. The highest BCUT2D eigenvalue weighted by Gasteiger charge is 2.21. The second-order valence-corrected chi connectivity index (χ2v) is 16.0. The summed E-state index contributed by atoms with van der Waals surface area (Å²) in [5.41, 5.74) is 15.9. The fourth-order valence-corrected chi connectivity index (χ4v) is 9.53. The van der Waals surface area contributed by atoms with Crippen LogP contribution in [0.3, 0.4) is 0 Å². The Morgan fingerprint density at radius 3 is 1.25 bits per heavy atom. The third-order valence-corrected chi connectivity index (χ3v) is 12.4. The summed E-state index contributed by atoms with van der Waals surface area (Å²) in [7, 11) is 0. The van der Waals surface area contributed by atoms with Crippen LogP contribution in [-0.2, 0) is 0 Å². The Morgan fingerprint density at radius 2 is 0.794 bits per heavy atom. The van der Waals surface area contributed by atoms with Crippen LogP contribution in [0.2, 0.25) is 0 Å². The first-order chi connectivity index (χ1) is 31.2. The monoisotopic (exact) mass is 803 g/mol. The van der Waals surface area contributed by atoms with Gasteiger partial charge in [0.05, 0.1) is 22.4 Å². The number of anilines is 1. The van der Waals surface area contributed by atoms with Gasteiger partial charge in [-0.2, -0.15) is 5.10 Å². The summed E-state index contributed by atoms with van der Waals surface area (Å²) >= 11 is 0. The number of rotatable bonds is 6. The van der Waals surface area contributed by atoms with E-state index in [1.807, 2.05) is 42.8 Å². The molecule has 63 heavy (non-hydrogen) atoms. The van der Waals surface area contributed by atoms with E-state index in [0.29, 0.717) is 11.4 Å². The van der Waals surface area contributed by atoms with Crippen LogP contribution in [0, 0.1) is 5.41 Å². The summed E-state index contributed by atoms with van der Waals surface area (Å²) in [6, 6.07) is 64.0. The van der Waals surface area contributed by atoms with E-state index in [0.717, 1.165) is 82.4 Å². The number of hydrogen-bond acceptors (Lipinski definition) is 5. The van der Waals surface area contributed by atoms with Crippen molar-refractivity contribution in [3.8, 4) is 33.4 Å². The van der Waals surface area contributed by atoms with Crippen LogP contribution in [0.25, 0.3) is 104 Å². The number of aromatic nitrogens is 2. The molecule has 0 fully saturated rings. The first-order valence-electron chi connectivity index (χ1n) is 21.2. The second-order valence-electron chi connectivity index (χ2n) is 16.0. The summed E-state index contributed by atoms with van der Waals surface area (Å²) in [5.74, 6) is 0. The molecule has 1 aliphatic carbocycles. The highest BCUT2D eigenvalue weighted by molar-refractivity contribution is 6.52. The summed E-state index contributed by atoms with van der Waals surface area (Å²) in [6.45, 7) is 0. The van der Waals surface area contributed by atoms with Gasteiger partial charge in [0.25, 0.3) is 0 Å². The number of para-hydroxylation sites is 2. The number of pyridine rings is 2. The lowest BCUT2D eigenvalue weighted by molar-refractivity contribution is 1.34. The maximum atomic E-state index is 8.91. The summed E-state index contributed by atoms with van der Waals surface area (Å²) in [5, 5.41) is 25.3. The molecule has 0 aliphatic heterocycles. The summed E-state index contributed by atoms with van der Waals surface area (Å²) < 4.78 is 0. The van der Waals surface area contributed by atoms with Crippen molar-refractivity contribution in [3.05, 3.63) is 218 Å². The van der Waals surface area contributed by atoms with Gasteiger partial charge >= 0.3 is 0 Å². The van der Waals surface area contributed by atoms with Crippen LogP contribution in [0.1, 0.15) is 5.56 Å². The zero-order valence-corrected chi connectivity index (χ0v) is 34.0. The molecule has 2 N–H and O–H groups in total. The van der Waals surface area contributed by atoms with E-state index in [1.54, 1.807) is 0 Å². The van der Waals surface area contributed by atoms with Gasteiger partial charge in [-0.1, -0.05) is 152 Å². The van der Waals surface area contributed by atoms with Crippen LogP contribution in [-0.4, -0.2) is 21.4 Å². The molecule has 0 radical (unpaired) electrons. The third-order valence-electron chi connectivity index (χ3n) is 12.4. The molecule has 2 heterocycles. The van der Waals surface area contributed by atoms with E-state index in [9.17, 15) is 0 Å². The average Bonchev–Trinajstić information content (AvgIpc) is 3.34. The van der Waals surface area contributed by atoms with Crippen molar-refractivity contribution in [3.63, 3.8) is 0 Å². The number of hydrogen-bond donors (Lipinski definition) is 2. The molecule has 0 bridgehead atoms. The largest absolute Gasteiger partial charge is 0.299 e. The van der Waals surface area contributed by atoms with Gasteiger partial charge in [0, 0.05) is 34.3 Å². The Kier molecular flexibility index (Phi) is 8.57. The van der Waals surface area contributed by atoms with E-state index in [2.05, 4.69) is 175 Å². The summed E-state index contributed by atoms with van der Waals surface area (Å²) in [6.07, 6.45) is 9.91. The van der Waals surface area contributed by atoms with Crippen molar-refractivity contribution in [1.29, 1.82) is 5.41 Å². The minimum atomic E-state index is 0.343. The first kappa shape index (κ1) is 36.3. The molecular weight excluding hydrogens is 767 g/mol. The van der Waals surface area contributed by atoms with Gasteiger partial charge in [0.15, 0.2) is 0 Å². The van der Waals surface area contributed by atoms with Crippen LogP contribution in [0.5, 0.6) is 0 Å².